The van der Waals surface area contributed by atoms with Crippen LogP contribution in [0.2, 0.25) is 0 Å². The van der Waals surface area contributed by atoms with Gasteiger partial charge in [0.1, 0.15) is 17.6 Å². The van der Waals surface area contributed by atoms with Crippen molar-refractivity contribution in [3.8, 4) is 0 Å². The van der Waals surface area contributed by atoms with E-state index in [2.05, 4.69) is 5.32 Å². The van der Waals surface area contributed by atoms with E-state index >= 15 is 0 Å². The largest absolute Gasteiger partial charge is 0.411 e. The van der Waals surface area contributed by atoms with Crippen molar-refractivity contribution in [2.45, 2.75) is 63.8 Å². The van der Waals surface area contributed by atoms with E-state index in [1.54, 1.807) is 20.8 Å². The molecule has 1 saturated heterocycles. The van der Waals surface area contributed by atoms with E-state index in [9.17, 15) is 22.8 Å². The fourth-order valence-corrected chi connectivity index (χ4v) is 2.84. The predicted octanol–water partition coefficient (Wildman–Crippen LogP) is 1.84. The number of rotatable bonds is 3. The summed E-state index contributed by atoms with van der Waals surface area (Å²) < 4.78 is 39.9. The standard InChI is InChI=1S/C13H19F3N2O2/c1-4-8-10(19)17-9(7(2)3)11(20)18(8)12(5-6-12)13(14,15)16/h7-9H,4-6H2,1-3H3,(H,17,19). The fraction of sp³-hybridized carbons (Fsp3) is 0.846. The van der Waals surface area contributed by atoms with Gasteiger partial charge in [-0.3, -0.25) is 9.59 Å². The quantitative estimate of drug-likeness (QED) is 0.863. The zero-order valence-electron chi connectivity index (χ0n) is 11.8. The van der Waals surface area contributed by atoms with Gasteiger partial charge in [-0.2, -0.15) is 13.2 Å². The SMILES string of the molecule is CCC1C(=O)NC(C(C)C)C(=O)N1C1(C(F)(F)F)CC1. The molecule has 1 saturated carbocycles. The van der Waals surface area contributed by atoms with E-state index in [-0.39, 0.29) is 25.2 Å². The van der Waals surface area contributed by atoms with Crippen LogP contribution in [0.4, 0.5) is 13.2 Å². The van der Waals surface area contributed by atoms with Gasteiger partial charge in [-0.1, -0.05) is 20.8 Å². The Morgan fingerprint density at radius 1 is 1.35 bits per heavy atom. The normalized spacial score (nSPS) is 29.6. The maximum absolute atomic E-state index is 13.3. The molecule has 2 atom stereocenters. The molecule has 1 aliphatic heterocycles. The Labute approximate surface area is 115 Å². The second kappa shape index (κ2) is 4.63. The van der Waals surface area contributed by atoms with Crippen LogP contribution in [0.5, 0.6) is 0 Å². The van der Waals surface area contributed by atoms with Crippen LogP contribution in [-0.2, 0) is 9.59 Å². The van der Waals surface area contributed by atoms with Crippen LogP contribution in [0.15, 0.2) is 0 Å². The third kappa shape index (κ3) is 2.07. The van der Waals surface area contributed by atoms with E-state index in [0.717, 1.165) is 4.90 Å². The van der Waals surface area contributed by atoms with Crippen LogP contribution in [0, 0.1) is 5.92 Å². The number of nitrogens with zero attached hydrogens (tertiary/aromatic N) is 1. The topological polar surface area (TPSA) is 49.4 Å². The van der Waals surface area contributed by atoms with Crippen molar-refractivity contribution in [3.63, 3.8) is 0 Å². The molecule has 1 aliphatic carbocycles. The van der Waals surface area contributed by atoms with Gasteiger partial charge < -0.3 is 10.2 Å². The van der Waals surface area contributed by atoms with E-state index < -0.39 is 35.6 Å². The molecular formula is C13H19F3N2O2. The van der Waals surface area contributed by atoms with Gasteiger partial charge >= 0.3 is 6.18 Å². The lowest BCUT2D eigenvalue weighted by Gasteiger charge is -2.45. The maximum Gasteiger partial charge on any atom is 0.411 e. The Balaban J connectivity index is 2.41. The summed E-state index contributed by atoms with van der Waals surface area (Å²) in [7, 11) is 0. The van der Waals surface area contributed by atoms with Crippen molar-refractivity contribution in [3.05, 3.63) is 0 Å². The van der Waals surface area contributed by atoms with Crippen LogP contribution < -0.4 is 5.32 Å². The van der Waals surface area contributed by atoms with Gasteiger partial charge in [0.15, 0.2) is 0 Å². The molecule has 7 heteroatoms. The van der Waals surface area contributed by atoms with Gasteiger partial charge in [0.25, 0.3) is 0 Å². The third-order valence-electron chi connectivity index (χ3n) is 4.18. The van der Waals surface area contributed by atoms with Gasteiger partial charge in [0.2, 0.25) is 11.8 Å². The van der Waals surface area contributed by atoms with Crippen molar-refractivity contribution in [2.75, 3.05) is 0 Å². The first-order valence-electron chi connectivity index (χ1n) is 6.86. The Hall–Kier alpha value is -1.27. The summed E-state index contributed by atoms with van der Waals surface area (Å²) in [5.41, 5.74) is -2.13. The summed E-state index contributed by atoms with van der Waals surface area (Å²) in [6.07, 6.45) is -4.54. The number of carbonyl (C=O) groups excluding carboxylic acids is 2. The maximum atomic E-state index is 13.3. The lowest BCUT2D eigenvalue weighted by molar-refractivity contribution is -0.210. The Morgan fingerprint density at radius 2 is 1.90 bits per heavy atom. The number of carbonyl (C=O) groups is 2. The van der Waals surface area contributed by atoms with Crippen LogP contribution in [0.3, 0.4) is 0 Å². The monoisotopic (exact) mass is 292 g/mol. The molecular weight excluding hydrogens is 273 g/mol. The number of alkyl halides is 3. The number of halogens is 3. The first-order chi connectivity index (χ1) is 9.15. The average Bonchev–Trinajstić information content (AvgIpc) is 3.11. The molecule has 0 aromatic heterocycles. The minimum absolute atomic E-state index is 0.114. The lowest BCUT2D eigenvalue weighted by Crippen LogP contribution is -2.69. The molecule has 20 heavy (non-hydrogen) atoms. The van der Waals surface area contributed by atoms with Gasteiger partial charge in [-0.05, 0) is 25.2 Å². The summed E-state index contributed by atoms with van der Waals surface area (Å²) in [5.74, 6) is -1.33. The molecule has 0 bridgehead atoms. The molecule has 1 N–H and O–H groups in total. The van der Waals surface area contributed by atoms with Crippen molar-refractivity contribution in [1.82, 2.24) is 10.2 Å². The van der Waals surface area contributed by atoms with Crippen LogP contribution in [0.1, 0.15) is 40.0 Å². The molecule has 2 fully saturated rings. The van der Waals surface area contributed by atoms with Crippen LogP contribution >= 0.6 is 0 Å². The minimum Gasteiger partial charge on any atom is -0.342 e. The lowest BCUT2D eigenvalue weighted by atomic mass is 9.94. The number of hydrogen-bond acceptors (Lipinski definition) is 2. The highest BCUT2D eigenvalue weighted by Crippen LogP contribution is 2.55. The van der Waals surface area contributed by atoms with E-state index in [4.69, 9.17) is 0 Å². The highest BCUT2D eigenvalue weighted by molar-refractivity contribution is 5.97. The zero-order chi connectivity index (χ0) is 15.3. The Bertz CT molecular complexity index is 430. The second-order valence-corrected chi connectivity index (χ2v) is 5.89. The van der Waals surface area contributed by atoms with Gasteiger partial charge in [0, 0.05) is 0 Å². The summed E-state index contributed by atoms with van der Waals surface area (Å²) >= 11 is 0. The molecule has 4 nitrogen and oxygen atoms in total. The van der Waals surface area contributed by atoms with Crippen molar-refractivity contribution in [1.29, 1.82) is 0 Å². The zero-order valence-corrected chi connectivity index (χ0v) is 11.8. The Kier molecular flexibility index (Phi) is 3.50. The number of hydrogen-bond donors (Lipinski definition) is 1. The van der Waals surface area contributed by atoms with E-state index in [1.165, 1.54) is 0 Å². The molecule has 0 radical (unpaired) electrons. The van der Waals surface area contributed by atoms with E-state index in [1.807, 2.05) is 0 Å². The molecule has 2 amide bonds. The summed E-state index contributed by atoms with van der Waals surface area (Å²) in [6.45, 7) is 5.04. The van der Waals surface area contributed by atoms with Gasteiger partial charge in [-0.15, -0.1) is 0 Å². The molecule has 2 aliphatic rings. The van der Waals surface area contributed by atoms with Crippen molar-refractivity contribution in [2.24, 2.45) is 5.92 Å². The summed E-state index contributed by atoms with van der Waals surface area (Å²) in [5, 5.41) is 2.55. The molecule has 1 heterocycles. The number of nitrogens with one attached hydrogen (secondary N) is 1. The summed E-state index contributed by atoms with van der Waals surface area (Å²) in [6, 6.07) is -1.90. The number of amides is 2. The molecule has 114 valence electrons. The van der Waals surface area contributed by atoms with E-state index in [0.29, 0.717) is 0 Å². The van der Waals surface area contributed by atoms with Crippen LogP contribution in [-0.4, -0.2) is 40.5 Å². The summed E-state index contributed by atoms with van der Waals surface area (Å²) in [4.78, 5) is 25.3. The predicted molar refractivity (Wildman–Crippen MR) is 65.7 cm³/mol. The third-order valence-corrected chi connectivity index (χ3v) is 4.18. The fourth-order valence-electron chi connectivity index (χ4n) is 2.84. The van der Waals surface area contributed by atoms with Crippen molar-refractivity contribution < 1.29 is 22.8 Å². The number of piperazine rings is 1. The minimum atomic E-state index is -4.49. The molecule has 0 aromatic rings. The second-order valence-electron chi connectivity index (χ2n) is 5.89. The molecule has 2 unspecified atom stereocenters. The van der Waals surface area contributed by atoms with Crippen LogP contribution in [0.25, 0.3) is 0 Å². The van der Waals surface area contributed by atoms with Gasteiger partial charge in [0.05, 0.1) is 0 Å². The molecule has 2 rings (SSSR count). The molecule has 0 aromatic carbocycles. The molecule has 0 spiro atoms. The highest BCUT2D eigenvalue weighted by atomic mass is 19.4. The van der Waals surface area contributed by atoms with Crippen molar-refractivity contribution >= 4 is 11.8 Å². The van der Waals surface area contributed by atoms with Gasteiger partial charge in [-0.25, -0.2) is 0 Å². The first kappa shape index (κ1) is 15.1. The highest BCUT2D eigenvalue weighted by Gasteiger charge is 2.70. The first-order valence-corrected chi connectivity index (χ1v) is 6.86. The average molecular weight is 292 g/mol. The Morgan fingerprint density at radius 3 is 2.25 bits per heavy atom. The smallest absolute Gasteiger partial charge is 0.342 e.